The number of ether oxygens (including phenoxy) is 1. The fraction of sp³-hybridized carbons (Fsp3) is 0.538. The van der Waals surface area contributed by atoms with Crippen molar-refractivity contribution in [1.29, 1.82) is 0 Å². The minimum Gasteiger partial charge on any atom is -0.383 e. The van der Waals surface area contributed by atoms with Gasteiger partial charge in [-0.3, -0.25) is 4.79 Å². The summed E-state index contributed by atoms with van der Waals surface area (Å²) in [6.45, 7) is 0.943. The van der Waals surface area contributed by atoms with Crippen LogP contribution in [0.2, 0.25) is 5.02 Å². The fourth-order valence-corrected chi connectivity index (χ4v) is 2.67. The van der Waals surface area contributed by atoms with E-state index in [1.165, 1.54) is 7.11 Å². The first kappa shape index (κ1) is 16.0. The third-order valence-electron chi connectivity index (χ3n) is 3.35. The topological polar surface area (TPSA) is 42.4 Å². The normalized spacial score (nSPS) is 19.1. The highest BCUT2D eigenvalue weighted by Crippen LogP contribution is 2.33. The molecule has 0 aliphatic carbocycles. The molecular formula is C13H14ClF3N2O2. The molecule has 0 spiro atoms. The largest absolute Gasteiger partial charge is 0.434 e. The Hall–Kier alpha value is -1.34. The zero-order valence-corrected chi connectivity index (χ0v) is 12.0. The summed E-state index contributed by atoms with van der Waals surface area (Å²) in [4.78, 5) is 17.2. The van der Waals surface area contributed by atoms with Crippen molar-refractivity contribution in [3.05, 3.63) is 28.5 Å². The average Bonchev–Trinajstić information content (AvgIpc) is 2.85. The number of likely N-dealkylation sites (tertiary alicyclic amines) is 1. The number of hydrogen-bond donors (Lipinski definition) is 0. The molecule has 1 unspecified atom stereocenters. The average molecular weight is 323 g/mol. The minimum absolute atomic E-state index is 0.0519. The van der Waals surface area contributed by atoms with Gasteiger partial charge in [-0.25, -0.2) is 4.98 Å². The Balaban J connectivity index is 2.22. The molecule has 8 heteroatoms. The number of carbonyl (C=O) groups excluding carboxylic acids is 1. The molecule has 2 rings (SSSR count). The number of alkyl halides is 3. The van der Waals surface area contributed by atoms with Crippen LogP contribution in [0.5, 0.6) is 0 Å². The highest BCUT2D eigenvalue weighted by molar-refractivity contribution is 6.31. The van der Waals surface area contributed by atoms with Crippen molar-refractivity contribution in [1.82, 2.24) is 9.88 Å². The van der Waals surface area contributed by atoms with Gasteiger partial charge in [-0.15, -0.1) is 0 Å². The van der Waals surface area contributed by atoms with E-state index in [0.717, 1.165) is 25.1 Å². The molecule has 21 heavy (non-hydrogen) atoms. The molecule has 1 amide bonds. The predicted octanol–water partition coefficient (Wildman–Crippen LogP) is 3.00. The summed E-state index contributed by atoms with van der Waals surface area (Å²) in [5.74, 6) is -0.377. The molecule has 0 aromatic carbocycles. The molecule has 1 aromatic heterocycles. The third kappa shape index (κ3) is 3.47. The second-order valence-electron chi connectivity index (χ2n) is 4.80. The Bertz CT molecular complexity index is 537. The van der Waals surface area contributed by atoms with Gasteiger partial charge >= 0.3 is 6.18 Å². The Morgan fingerprint density at radius 1 is 1.57 bits per heavy atom. The minimum atomic E-state index is -4.63. The zero-order valence-electron chi connectivity index (χ0n) is 11.3. The summed E-state index contributed by atoms with van der Waals surface area (Å²) in [6, 6.07) is 0.950. The molecule has 0 radical (unpaired) electrons. The number of pyridine rings is 1. The monoisotopic (exact) mass is 322 g/mol. The Morgan fingerprint density at radius 3 is 2.86 bits per heavy atom. The lowest BCUT2D eigenvalue weighted by molar-refractivity contribution is -0.141. The second-order valence-corrected chi connectivity index (χ2v) is 5.21. The van der Waals surface area contributed by atoms with Crippen molar-refractivity contribution in [3.8, 4) is 0 Å². The number of amides is 1. The first-order valence-electron chi connectivity index (χ1n) is 6.37. The molecule has 0 saturated carbocycles. The SMILES string of the molecule is COCC1CCCN1C(=O)c1cnc(C(F)(F)F)c(Cl)c1. The molecule has 1 aliphatic rings. The van der Waals surface area contributed by atoms with E-state index in [2.05, 4.69) is 4.98 Å². The van der Waals surface area contributed by atoms with E-state index in [1.807, 2.05) is 0 Å². The number of rotatable bonds is 3. The summed E-state index contributed by atoms with van der Waals surface area (Å²) >= 11 is 5.58. The zero-order chi connectivity index (χ0) is 15.6. The van der Waals surface area contributed by atoms with Crippen LogP contribution in [0, 0.1) is 0 Å². The predicted molar refractivity (Wildman–Crippen MR) is 70.2 cm³/mol. The smallest absolute Gasteiger partial charge is 0.383 e. The quantitative estimate of drug-likeness (QED) is 0.859. The van der Waals surface area contributed by atoms with E-state index in [1.54, 1.807) is 4.90 Å². The summed E-state index contributed by atoms with van der Waals surface area (Å²) < 4.78 is 42.8. The molecule has 1 aliphatic heterocycles. The van der Waals surface area contributed by atoms with E-state index >= 15 is 0 Å². The third-order valence-corrected chi connectivity index (χ3v) is 3.64. The van der Waals surface area contributed by atoms with E-state index in [9.17, 15) is 18.0 Å². The number of nitrogens with zero attached hydrogens (tertiary/aromatic N) is 2. The number of carbonyl (C=O) groups is 1. The van der Waals surface area contributed by atoms with Crippen molar-refractivity contribution in [3.63, 3.8) is 0 Å². The maximum Gasteiger partial charge on any atom is 0.434 e. The van der Waals surface area contributed by atoms with Crippen LogP contribution in [0.4, 0.5) is 13.2 Å². The molecule has 116 valence electrons. The van der Waals surface area contributed by atoms with Crippen LogP contribution in [0.25, 0.3) is 0 Å². The first-order chi connectivity index (χ1) is 9.84. The summed E-state index contributed by atoms with van der Waals surface area (Å²) in [7, 11) is 1.54. The lowest BCUT2D eigenvalue weighted by Crippen LogP contribution is -2.38. The number of halogens is 4. The van der Waals surface area contributed by atoms with Crippen LogP contribution >= 0.6 is 11.6 Å². The summed E-state index contributed by atoms with van der Waals surface area (Å²) in [5, 5.41) is -0.573. The molecule has 0 bridgehead atoms. The molecule has 1 atom stereocenters. The number of methoxy groups -OCH3 is 1. The van der Waals surface area contributed by atoms with Gasteiger partial charge in [-0.05, 0) is 18.9 Å². The van der Waals surface area contributed by atoms with Crippen molar-refractivity contribution in [2.24, 2.45) is 0 Å². The van der Waals surface area contributed by atoms with E-state index < -0.39 is 16.9 Å². The van der Waals surface area contributed by atoms with Crippen LogP contribution in [-0.4, -0.2) is 42.1 Å². The van der Waals surface area contributed by atoms with Crippen LogP contribution in [0.15, 0.2) is 12.3 Å². The highest BCUT2D eigenvalue weighted by Gasteiger charge is 2.36. The van der Waals surface area contributed by atoms with Gasteiger partial charge in [0.15, 0.2) is 5.69 Å². The molecular weight excluding hydrogens is 309 g/mol. The second kappa shape index (κ2) is 6.19. The van der Waals surface area contributed by atoms with Gasteiger partial charge in [0, 0.05) is 19.9 Å². The van der Waals surface area contributed by atoms with Crippen LogP contribution in [-0.2, 0) is 10.9 Å². The lowest BCUT2D eigenvalue weighted by Gasteiger charge is -2.24. The standard InChI is InChI=1S/C13H14ClF3N2O2/c1-21-7-9-3-2-4-19(9)12(20)8-5-10(14)11(18-6-8)13(15,16)17/h5-6,9H,2-4,7H2,1H3. The van der Waals surface area contributed by atoms with Crippen molar-refractivity contribution in [2.75, 3.05) is 20.3 Å². The summed E-state index contributed by atoms with van der Waals surface area (Å²) in [5.41, 5.74) is -1.13. The van der Waals surface area contributed by atoms with E-state index in [0.29, 0.717) is 13.2 Å². The van der Waals surface area contributed by atoms with Crippen molar-refractivity contribution >= 4 is 17.5 Å². The Labute approximate surface area is 124 Å². The molecule has 1 fully saturated rings. The maximum atomic E-state index is 12.6. The summed E-state index contributed by atoms with van der Waals surface area (Å²) in [6.07, 6.45) is -2.08. The van der Waals surface area contributed by atoms with Gasteiger partial charge in [-0.2, -0.15) is 13.2 Å². The van der Waals surface area contributed by atoms with Crippen LogP contribution < -0.4 is 0 Å². The van der Waals surface area contributed by atoms with E-state index in [-0.39, 0.29) is 17.5 Å². The number of hydrogen-bond acceptors (Lipinski definition) is 3. The van der Waals surface area contributed by atoms with Gasteiger partial charge in [0.05, 0.1) is 23.2 Å². The van der Waals surface area contributed by atoms with E-state index in [4.69, 9.17) is 16.3 Å². The molecule has 0 N–H and O–H groups in total. The van der Waals surface area contributed by atoms with Gasteiger partial charge in [-0.1, -0.05) is 11.6 Å². The van der Waals surface area contributed by atoms with Gasteiger partial charge in [0.25, 0.3) is 5.91 Å². The first-order valence-corrected chi connectivity index (χ1v) is 6.75. The van der Waals surface area contributed by atoms with Gasteiger partial charge < -0.3 is 9.64 Å². The Kier molecular flexibility index (Phi) is 4.73. The molecule has 1 aromatic rings. The highest BCUT2D eigenvalue weighted by atomic mass is 35.5. The molecule has 4 nitrogen and oxygen atoms in total. The molecule has 1 saturated heterocycles. The van der Waals surface area contributed by atoms with Gasteiger partial charge in [0.2, 0.25) is 0 Å². The maximum absolute atomic E-state index is 12.6. The lowest BCUT2D eigenvalue weighted by atomic mass is 10.2. The number of aromatic nitrogens is 1. The fourth-order valence-electron chi connectivity index (χ4n) is 2.40. The van der Waals surface area contributed by atoms with Crippen LogP contribution in [0.1, 0.15) is 28.9 Å². The molecule has 2 heterocycles. The Morgan fingerprint density at radius 2 is 2.29 bits per heavy atom. The van der Waals surface area contributed by atoms with Crippen LogP contribution in [0.3, 0.4) is 0 Å². The van der Waals surface area contributed by atoms with Crippen molar-refractivity contribution in [2.45, 2.75) is 25.1 Å². The van der Waals surface area contributed by atoms with Gasteiger partial charge in [0.1, 0.15) is 0 Å². The van der Waals surface area contributed by atoms with Crippen molar-refractivity contribution < 1.29 is 22.7 Å².